The normalized spacial score (nSPS) is 18.7. The van der Waals surface area contributed by atoms with Crippen LogP contribution in [-0.4, -0.2) is 81.7 Å². The van der Waals surface area contributed by atoms with Crippen LogP contribution in [-0.2, 0) is 29.1 Å². The fourth-order valence-electron chi connectivity index (χ4n) is 5.56. The number of nitrogens with zero attached hydrogens (tertiary/aromatic N) is 4. The lowest BCUT2D eigenvalue weighted by atomic mass is 9.98. The molecule has 230 valence electrons. The molecular formula is C32H33Cl2N5O5. The van der Waals surface area contributed by atoms with Gasteiger partial charge in [-0.2, -0.15) is 0 Å². The monoisotopic (exact) mass is 637 g/mol. The van der Waals surface area contributed by atoms with Crippen LogP contribution < -0.4 is 10.1 Å². The number of fused-ring (bicyclic) bond motifs is 1. The first-order valence-electron chi connectivity index (χ1n) is 14.1. The standard InChI is InChI=1S/C32H33Cl2N5O5/c1-3-14-37-20-30(41)38-28(16-21-4-9-24(40)10-5-21)31(42)36(18-22-6-11-25(44-2)12-7-22)19-29(38)39(37)32(43)35-17-23-8-13-26(33)27(34)15-23/h3-13,15,28-29,40H,1,14,16-20H2,2H3,(H,35,43)/t28-,29-/m0/s1. The van der Waals surface area contributed by atoms with E-state index in [0.717, 1.165) is 16.7 Å². The van der Waals surface area contributed by atoms with Crippen LogP contribution in [0.3, 0.4) is 0 Å². The number of carbonyl (C=O) groups is 3. The first kappa shape index (κ1) is 31.2. The molecule has 0 aromatic heterocycles. The Bertz CT molecular complexity index is 1530. The molecule has 2 N–H and O–H groups in total. The van der Waals surface area contributed by atoms with E-state index >= 15 is 0 Å². The molecule has 3 aromatic carbocycles. The average molecular weight is 639 g/mol. The lowest BCUT2D eigenvalue weighted by molar-refractivity contribution is -0.189. The lowest BCUT2D eigenvalue weighted by Crippen LogP contribution is -2.76. The maximum absolute atomic E-state index is 14.1. The molecule has 5 rings (SSSR count). The second-order valence-corrected chi connectivity index (χ2v) is 11.4. The summed E-state index contributed by atoms with van der Waals surface area (Å²) in [6.45, 7) is 4.48. The van der Waals surface area contributed by atoms with E-state index in [1.54, 1.807) is 65.6 Å². The zero-order valence-electron chi connectivity index (χ0n) is 24.2. The molecule has 0 aliphatic carbocycles. The molecule has 2 fully saturated rings. The van der Waals surface area contributed by atoms with E-state index in [4.69, 9.17) is 27.9 Å². The van der Waals surface area contributed by atoms with E-state index in [9.17, 15) is 19.5 Å². The van der Waals surface area contributed by atoms with Crippen molar-refractivity contribution < 1.29 is 24.2 Å². The van der Waals surface area contributed by atoms with Crippen molar-refractivity contribution in [2.45, 2.75) is 31.7 Å². The number of aromatic hydroxyl groups is 1. The number of halogens is 2. The molecule has 2 heterocycles. The molecule has 2 aliphatic rings. The lowest BCUT2D eigenvalue weighted by Gasteiger charge is -2.55. The summed E-state index contributed by atoms with van der Waals surface area (Å²) in [4.78, 5) is 44.9. The van der Waals surface area contributed by atoms with Gasteiger partial charge in [0.05, 0.1) is 30.2 Å². The van der Waals surface area contributed by atoms with Crippen molar-refractivity contribution >= 4 is 41.0 Å². The van der Waals surface area contributed by atoms with Crippen molar-refractivity contribution in [3.05, 3.63) is 106 Å². The summed E-state index contributed by atoms with van der Waals surface area (Å²) in [6.07, 6.45) is 1.04. The third-order valence-corrected chi connectivity index (χ3v) is 8.44. The Morgan fingerprint density at radius 3 is 2.36 bits per heavy atom. The summed E-state index contributed by atoms with van der Waals surface area (Å²) in [7, 11) is 1.59. The van der Waals surface area contributed by atoms with Crippen LogP contribution in [0.15, 0.2) is 79.4 Å². The van der Waals surface area contributed by atoms with Crippen molar-refractivity contribution in [2.24, 2.45) is 0 Å². The molecule has 0 radical (unpaired) electrons. The minimum absolute atomic E-state index is 0.0938. The molecule has 0 unspecified atom stereocenters. The summed E-state index contributed by atoms with van der Waals surface area (Å²) in [6, 6.07) is 17.7. The Balaban J connectivity index is 1.48. The first-order chi connectivity index (χ1) is 21.2. The van der Waals surface area contributed by atoms with E-state index in [1.165, 1.54) is 9.91 Å². The first-order valence-corrected chi connectivity index (χ1v) is 14.8. The fraction of sp³-hybridized carbons (Fsp3) is 0.281. The fourth-order valence-corrected chi connectivity index (χ4v) is 5.88. The second kappa shape index (κ2) is 13.6. The van der Waals surface area contributed by atoms with Crippen molar-refractivity contribution in [1.82, 2.24) is 25.1 Å². The van der Waals surface area contributed by atoms with Crippen LogP contribution in [0.25, 0.3) is 0 Å². The number of methoxy groups -OCH3 is 1. The second-order valence-electron chi connectivity index (χ2n) is 10.6. The van der Waals surface area contributed by atoms with E-state index in [0.29, 0.717) is 15.8 Å². The average Bonchev–Trinajstić information content (AvgIpc) is 3.01. The number of urea groups is 1. The van der Waals surface area contributed by atoms with Crippen LogP contribution in [0, 0.1) is 0 Å². The molecule has 3 aromatic rings. The van der Waals surface area contributed by atoms with Gasteiger partial charge in [0.25, 0.3) is 0 Å². The Kier molecular flexibility index (Phi) is 9.63. The van der Waals surface area contributed by atoms with Gasteiger partial charge in [-0.05, 0) is 53.1 Å². The van der Waals surface area contributed by atoms with Gasteiger partial charge in [-0.25, -0.2) is 14.8 Å². The van der Waals surface area contributed by atoms with Gasteiger partial charge in [0, 0.05) is 26.1 Å². The number of carbonyl (C=O) groups excluding carboxylic acids is 3. The zero-order valence-corrected chi connectivity index (χ0v) is 25.7. The van der Waals surface area contributed by atoms with E-state index in [2.05, 4.69) is 11.9 Å². The zero-order chi connectivity index (χ0) is 31.4. The number of rotatable bonds is 9. The SMILES string of the molecule is C=CCN1CC(=O)N2[C@@H](Cc3ccc(O)cc3)C(=O)N(Cc3ccc(OC)cc3)C[C@@H]2N1C(=O)NCc1ccc(Cl)c(Cl)c1. The van der Waals surface area contributed by atoms with Gasteiger partial charge in [-0.15, -0.1) is 6.58 Å². The van der Waals surface area contributed by atoms with E-state index < -0.39 is 18.2 Å². The quantitative estimate of drug-likeness (QED) is 0.336. The van der Waals surface area contributed by atoms with Crippen LogP contribution in [0.1, 0.15) is 16.7 Å². The molecule has 0 saturated carbocycles. The number of phenolic OH excluding ortho intramolecular Hbond substituents is 1. The van der Waals surface area contributed by atoms with Crippen LogP contribution in [0.2, 0.25) is 10.0 Å². The van der Waals surface area contributed by atoms with Gasteiger partial charge in [0.2, 0.25) is 11.8 Å². The predicted octanol–water partition coefficient (Wildman–Crippen LogP) is 4.44. The van der Waals surface area contributed by atoms with Crippen molar-refractivity contribution in [1.29, 1.82) is 0 Å². The maximum atomic E-state index is 14.1. The summed E-state index contributed by atoms with van der Waals surface area (Å²) in [5.41, 5.74) is 2.39. The largest absolute Gasteiger partial charge is 0.508 e. The number of piperazine rings is 1. The van der Waals surface area contributed by atoms with Gasteiger partial charge in [-0.1, -0.05) is 59.6 Å². The van der Waals surface area contributed by atoms with Crippen LogP contribution in [0.5, 0.6) is 11.5 Å². The van der Waals surface area contributed by atoms with E-state index in [-0.39, 0.29) is 56.7 Å². The number of phenols is 1. The summed E-state index contributed by atoms with van der Waals surface area (Å²) >= 11 is 12.2. The van der Waals surface area contributed by atoms with Gasteiger partial charge < -0.3 is 25.0 Å². The number of hydrogen-bond donors (Lipinski definition) is 2. The smallest absolute Gasteiger partial charge is 0.334 e. The summed E-state index contributed by atoms with van der Waals surface area (Å²) in [5.74, 6) is 0.290. The van der Waals surface area contributed by atoms with Crippen molar-refractivity contribution in [3.63, 3.8) is 0 Å². The maximum Gasteiger partial charge on any atom is 0.334 e. The molecule has 2 atom stereocenters. The number of hydrazine groups is 1. The van der Waals surface area contributed by atoms with Gasteiger partial charge in [0.15, 0.2) is 0 Å². The number of hydrogen-bond acceptors (Lipinski definition) is 6. The Morgan fingerprint density at radius 1 is 1.02 bits per heavy atom. The molecule has 12 heteroatoms. The summed E-state index contributed by atoms with van der Waals surface area (Å²) < 4.78 is 5.28. The van der Waals surface area contributed by atoms with Crippen molar-refractivity contribution in [3.8, 4) is 11.5 Å². The van der Waals surface area contributed by atoms with Crippen LogP contribution in [0.4, 0.5) is 4.79 Å². The van der Waals surface area contributed by atoms with Gasteiger partial charge in [0.1, 0.15) is 23.7 Å². The Hall–Kier alpha value is -4.25. The Labute approximate surface area is 266 Å². The Morgan fingerprint density at radius 2 is 1.70 bits per heavy atom. The highest BCUT2D eigenvalue weighted by Crippen LogP contribution is 2.30. The minimum Gasteiger partial charge on any atom is -0.508 e. The number of amides is 4. The molecule has 2 saturated heterocycles. The summed E-state index contributed by atoms with van der Waals surface area (Å²) in [5, 5.41) is 16.7. The van der Waals surface area contributed by atoms with Gasteiger partial charge in [-0.3, -0.25) is 9.59 Å². The highest BCUT2D eigenvalue weighted by molar-refractivity contribution is 6.42. The number of ether oxygens (including phenoxy) is 1. The molecule has 0 spiro atoms. The van der Waals surface area contributed by atoms with E-state index in [1.807, 2.05) is 24.3 Å². The minimum atomic E-state index is -0.875. The van der Waals surface area contributed by atoms with Crippen LogP contribution >= 0.6 is 23.2 Å². The third-order valence-electron chi connectivity index (χ3n) is 7.70. The molecule has 10 nitrogen and oxygen atoms in total. The molecule has 4 amide bonds. The van der Waals surface area contributed by atoms with Gasteiger partial charge >= 0.3 is 6.03 Å². The predicted molar refractivity (Wildman–Crippen MR) is 167 cm³/mol. The topological polar surface area (TPSA) is 106 Å². The molecule has 44 heavy (non-hydrogen) atoms. The number of nitrogens with one attached hydrogen (secondary N) is 1. The number of benzene rings is 3. The molecule has 0 bridgehead atoms. The van der Waals surface area contributed by atoms with Crippen molar-refractivity contribution in [2.75, 3.05) is 26.7 Å². The molecule has 2 aliphatic heterocycles. The highest BCUT2D eigenvalue weighted by Gasteiger charge is 2.51. The molecular weight excluding hydrogens is 605 g/mol. The third kappa shape index (κ3) is 6.77. The highest BCUT2D eigenvalue weighted by atomic mass is 35.5.